The van der Waals surface area contributed by atoms with E-state index in [9.17, 15) is 10.0 Å². The molecule has 4 rings (SSSR count). The van der Waals surface area contributed by atoms with E-state index in [0.29, 0.717) is 0 Å². The zero-order valence-electron chi connectivity index (χ0n) is 13.4. The molecule has 0 fully saturated rings. The fourth-order valence-electron chi connectivity index (χ4n) is 3.12. The molecule has 0 aliphatic heterocycles. The van der Waals surface area contributed by atoms with Crippen molar-refractivity contribution >= 4 is 10.9 Å². The first kappa shape index (κ1) is 15.1. The number of nitrogens with one attached hydrogen (secondary N) is 1. The number of phenols is 1. The van der Waals surface area contributed by atoms with Gasteiger partial charge in [0.25, 0.3) is 0 Å². The van der Waals surface area contributed by atoms with Gasteiger partial charge < -0.3 is 10.1 Å². The minimum Gasteiger partial charge on any atom is -0.507 e. The number of nitroso groups, excluding NO2 is 1. The van der Waals surface area contributed by atoms with Crippen molar-refractivity contribution in [2.45, 2.75) is 6.54 Å². The molecule has 0 spiro atoms. The molecule has 0 aliphatic carbocycles. The molecule has 0 saturated heterocycles. The van der Waals surface area contributed by atoms with Gasteiger partial charge in [0.2, 0.25) is 0 Å². The van der Waals surface area contributed by atoms with Gasteiger partial charge in [-0.25, -0.2) is 0 Å². The van der Waals surface area contributed by atoms with E-state index in [2.05, 4.69) is 16.2 Å². The van der Waals surface area contributed by atoms with Crippen molar-refractivity contribution in [1.82, 2.24) is 4.98 Å². The van der Waals surface area contributed by atoms with Gasteiger partial charge in [-0.15, -0.1) is 0 Å². The molecule has 4 heteroatoms. The molecule has 25 heavy (non-hydrogen) atoms. The van der Waals surface area contributed by atoms with Gasteiger partial charge in [-0.1, -0.05) is 53.7 Å². The summed E-state index contributed by atoms with van der Waals surface area (Å²) in [5, 5.41) is 14.0. The fraction of sp³-hybridized carbons (Fsp3) is 0.0476. The maximum absolute atomic E-state index is 10.6. The van der Waals surface area contributed by atoms with Gasteiger partial charge in [0, 0.05) is 28.2 Å². The number of nitrogens with zero attached hydrogens (tertiary/aromatic N) is 1. The van der Waals surface area contributed by atoms with Crippen LogP contribution in [-0.4, -0.2) is 10.1 Å². The maximum atomic E-state index is 10.6. The molecule has 4 aromatic rings. The molecular weight excluding hydrogens is 312 g/mol. The summed E-state index contributed by atoms with van der Waals surface area (Å²) in [6, 6.07) is 21.5. The van der Waals surface area contributed by atoms with Crippen LogP contribution in [0, 0.1) is 4.91 Å². The number of benzene rings is 3. The highest BCUT2D eigenvalue weighted by atomic mass is 16.3. The Hall–Kier alpha value is -3.40. The van der Waals surface area contributed by atoms with Crippen LogP contribution in [0.1, 0.15) is 5.56 Å². The van der Waals surface area contributed by atoms with Crippen LogP contribution in [0.4, 0.5) is 0 Å². The predicted octanol–water partition coefficient (Wildman–Crippen LogP) is 5.47. The van der Waals surface area contributed by atoms with Crippen LogP contribution < -0.4 is 0 Å². The van der Waals surface area contributed by atoms with E-state index in [0.717, 1.165) is 38.7 Å². The third-order valence-electron chi connectivity index (χ3n) is 4.44. The number of H-pyrrole nitrogens is 1. The van der Waals surface area contributed by atoms with Crippen molar-refractivity contribution in [3.63, 3.8) is 0 Å². The summed E-state index contributed by atoms with van der Waals surface area (Å²) in [5.41, 5.74) is 5.83. The number of aromatic amines is 1. The summed E-state index contributed by atoms with van der Waals surface area (Å²) in [5.74, 6) is 0.273. The number of para-hydroxylation sites is 1. The molecule has 0 bridgehead atoms. The Kier molecular flexibility index (Phi) is 3.78. The van der Waals surface area contributed by atoms with Crippen LogP contribution in [-0.2, 0) is 6.54 Å². The van der Waals surface area contributed by atoms with Crippen LogP contribution >= 0.6 is 0 Å². The lowest BCUT2D eigenvalue weighted by Gasteiger charge is -2.07. The smallest absolute Gasteiger partial charge is 0.123 e. The molecule has 1 heterocycles. The summed E-state index contributed by atoms with van der Waals surface area (Å²) in [4.78, 5) is 13.7. The quantitative estimate of drug-likeness (QED) is 0.488. The van der Waals surface area contributed by atoms with Gasteiger partial charge >= 0.3 is 0 Å². The fourth-order valence-corrected chi connectivity index (χ4v) is 3.12. The van der Waals surface area contributed by atoms with Crippen LogP contribution in [0.5, 0.6) is 5.75 Å². The lowest BCUT2D eigenvalue weighted by molar-refractivity contribution is 0.477. The largest absolute Gasteiger partial charge is 0.507 e. The second-order valence-corrected chi connectivity index (χ2v) is 5.96. The van der Waals surface area contributed by atoms with Crippen molar-refractivity contribution in [2.75, 3.05) is 0 Å². The normalized spacial score (nSPS) is 10.9. The highest BCUT2D eigenvalue weighted by Crippen LogP contribution is 2.32. The first-order chi connectivity index (χ1) is 12.3. The Morgan fingerprint density at radius 2 is 1.60 bits per heavy atom. The average Bonchev–Trinajstić information content (AvgIpc) is 3.05. The maximum Gasteiger partial charge on any atom is 0.123 e. The Bertz CT molecular complexity index is 1050. The molecule has 0 aliphatic rings. The molecule has 3 aromatic carbocycles. The van der Waals surface area contributed by atoms with E-state index in [4.69, 9.17) is 0 Å². The van der Waals surface area contributed by atoms with E-state index < -0.39 is 0 Å². The third kappa shape index (κ3) is 2.78. The standard InChI is InChI=1S/C21H16N2O2/c24-21-4-2-1-3-18(21)15-7-5-14(6-8-15)16-9-10-20-19(11-16)17(12-22-20)13-23-25/h1-12,22,24H,13H2. The SMILES string of the molecule is O=NCc1c[nH]c2ccc(-c3ccc(-c4ccccc4O)cc3)cc12. The summed E-state index contributed by atoms with van der Waals surface area (Å²) in [6.45, 7) is 0.162. The van der Waals surface area contributed by atoms with E-state index in [1.54, 1.807) is 6.07 Å². The van der Waals surface area contributed by atoms with E-state index >= 15 is 0 Å². The predicted molar refractivity (Wildman–Crippen MR) is 100 cm³/mol. The minimum atomic E-state index is 0.162. The molecule has 0 radical (unpaired) electrons. The van der Waals surface area contributed by atoms with E-state index in [-0.39, 0.29) is 12.3 Å². The van der Waals surface area contributed by atoms with Gasteiger partial charge in [0.1, 0.15) is 12.3 Å². The average molecular weight is 328 g/mol. The Labute approximate surface area is 144 Å². The Balaban J connectivity index is 1.72. The third-order valence-corrected chi connectivity index (χ3v) is 4.44. The summed E-state index contributed by atoms with van der Waals surface area (Å²) in [7, 11) is 0. The molecule has 122 valence electrons. The number of aromatic nitrogens is 1. The van der Waals surface area contributed by atoms with Crippen molar-refractivity contribution < 1.29 is 5.11 Å². The highest BCUT2D eigenvalue weighted by molar-refractivity contribution is 5.88. The number of aromatic hydroxyl groups is 1. The van der Waals surface area contributed by atoms with Crippen LogP contribution in [0.15, 0.2) is 78.1 Å². The van der Waals surface area contributed by atoms with Gasteiger partial charge in [-0.3, -0.25) is 0 Å². The molecule has 0 amide bonds. The molecule has 0 unspecified atom stereocenters. The number of rotatable bonds is 4. The van der Waals surface area contributed by atoms with Crippen molar-refractivity contribution in [2.24, 2.45) is 5.18 Å². The molecule has 0 saturated carbocycles. The van der Waals surface area contributed by atoms with E-state index in [1.807, 2.05) is 60.8 Å². The minimum absolute atomic E-state index is 0.162. The lowest BCUT2D eigenvalue weighted by Crippen LogP contribution is -1.82. The van der Waals surface area contributed by atoms with Crippen molar-refractivity contribution in [3.05, 3.63) is 83.4 Å². The Morgan fingerprint density at radius 3 is 2.36 bits per heavy atom. The molecule has 4 nitrogen and oxygen atoms in total. The number of hydrogen-bond donors (Lipinski definition) is 2. The second kappa shape index (κ2) is 6.24. The Morgan fingerprint density at radius 1 is 0.880 bits per heavy atom. The summed E-state index contributed by atoms with van der Waals surface area (Å²) >= 11 is 0. The second-order valence-electron chi connectivity index (χ2n) is 5.96. The lowest BCUT2D eigenvalue weighted by atomic mass is 9.98. The number of hydrogen-bond acceptors (Lipinski definition) is 3. The van der Waals surface area contributed by atoms with Gasteiger partial charge in [0.05, 0.1) is 0 Å². The van der Waals surface area contributed by atoms with Gasteiger partial charge in [-0.05, 0) is 34.9 Å². The first-order valence-corrected chi connectivity index (χ1v) is 8.04. The number of phenolic OH excluding ortho intramolecular Hbond substituents is 1. The zero-order chi connectivity index (χ0) is 17.2. The van der Waals surface area contributed by atoms with Crippen LogP contribution in [0.2, 0.25) is 0 Å². The van der Waals surface area contributed by atoms with Crippen LogP contribution in [0.25, 0.3) is 33.2 Å². The number of fused-ring (bicyclic) bond motifs is 1. The van der Waals surface area contributed by atoms with Crippen LogP contribution in [0.3, 0.4) is 0 Å². The molecule has 1 aromatic heterocycles. The monoisotopic (exact) mass is 328 g/mol. The first-order valence-electron chi connectivity index (χ1n) is 8.04. The van der Waals surface area contributed by atoms with Crippen molar-refractivity contribution in [1.29, 1.82) is 0 Å². The molecule has 2 N–H and O–H groups in total. The summed E-state index contributed by atoms with van der Waals surface area (Å²) < 4.78 is 0. The molecule has 0 atom stereocenters. The van der Waals surface area contributed by atoms with Gasteiger partial charge in [0.15, 0.2) is 0 Å². The van der Waals surface area contributed by atoms with Crippen molar-refractivity contribution in [3.8, 4) is 28.0 Å². The molecular formula is C21H16N2O2. The topological polar surface area (TPSA) is 65.5 Å². The zero-order valence-corrected chi connectivity index (χ0v) is 13.4. The highest BCUT2D eigenvalue weighted by Gasteiger charge is 2.07. The van der Waals surface area contributed by atoms with E-state index in [1.165, 1.54) is 0 Å². The summed E-state index contributed by atoms with van der Waals surface area (Å²) in [6.07, 6.45) is 1.83. The van der Waals surface area contributed by atoms with Gasteiger partial charge in [-0.2, -0.15) is 4.91 Å².